The number of carbonyl (C=O) groups excluding carboxylic acids is 2. The number of nitrogens with zero attached hydrogens (tertiary/aromatic N) is 2. The topological polar surface area (TPSA) is 88.0 Å². The molecule has 2 amide bonds. The lowest BCUT2D eigenvalue weighted by molar-refractivity contribution is 0.0961. The highest BCUT2D eigenvalue weighted by molar-refractivity contribution is 6.34. The maximum absolute atomic E-state index is 12.4. The minimum Gasteiger partial charge on any atom is -0.355 e. The molecular weight excluding hydrogens is 342 g/mol. The van der Waals surface area contributed by atoms with E-state index in [1.807, 2.05) is 10.9 Å². The molecule has 7 nitrogen and oxygen atoms in total. The molecule has 1 saturated heterocycles. The Kier molecular flexibility index (Phi) is 5.35. The first-order chi connectivity index (χ1) is 12.1. The number of hydrogen-bond acceptors (Lipinski definition) is 4. The number of benzene rings is 1. The smallest absolute Gasteiger partial charge is 0.276 e. The maximum atomic E-state index is 12.4. The number of hydrogen-bond donors (Lipinski definition) is 3. The average molecular weight is 362 g/mol. The molecule has 0 saturated carbocycles. The van der Waals surface area contributed by atoms with Gasteiger partial charge in [0.2, 0.25) is 0 Å². The average Bonchev–Trinajstić information content (AvgIpc) is 3.14. The van der Waals surface area contributed by atoms with Crippen LogP contribution in [0, 0.1) is 0 Å². The molecule has 1 aliphatic rings. The van der Waals surface area contributed by atoms with Gasteiger partial charge < -0.3 is 16.0 Å². The summed E-state index contributed by atoms with van der Waals surface area (Å²) >= 11 is 6.02. The van der Waals surface area contributed by atoms with Gasteiger partial charge in [0.15, 0.2) is 5.69 Å². The van der Waals surface area contributed by atoms with E-state index < -0.39 is 0 Å². The van der Waals surface area contributed by atoms with Crippen molar-refractivity contribution < 1.29 is 9.59 Å². The molecule has 0 aliphatic carbocycles. The van der Waals surface area contributed by atoms with Crippen molar-refractivity contribution in [2.45, 2.75) is 18.9 Å². The van der Waals surface area contributed by atoms with Gasteiger partial charge in [0.1, 0.15) is 0 Å². The molecule has 2 heterocycles. The van der Waals surface area contributed by atoms with Crippen LogP contribution in [0.1, 0.15) is 39.7 Å². The van der Waals surface area contributed by atoms with Crippen LogP contribution >= 0.6 is 11.6 Å². The summed E-state index contributed by atoms with van der Waals surface area (Å²) in [5, 5.41) is 13.3. The summed E-state index contributed by atoms with van der Waals surface area (Å²) in [6, 6.07) is 6.73. The van der Waals surface area contributed by atoms with Crippen LogP contribution in [0.25, 0.3) is 0 Å². The lowest BCUT2D eigenvalue weighted by Crippen LogP contribution is -2.32. The molecule has 0 spiro atoms. The van der Waals surface area contributed by atoms with Crippen LogP contribution in [0.4, 0.5) is 5.69 Å². The maximum Gasteiger partial charge on any atom is 0.276 e. The fourth-order valence-electron chi connectivity index (χ4n) is 2.83. The Morgan fingerprint density at radius 2 is 2.16 bits per heavy atom. The molecule has 1 unspecified atom stereocenters. The second-order valence-corrected chi connectivity index (χ2v) is 6.32. The van der Waals surface area contributed by atoms with Crippen molar-refractivity contribution in [1.82, 2.24) is 20.4 Å². The van der Waals surface area contributed by atoms with E-state index in [1.165, 1.54) is 7.05 Å². The minimum absolute atomic E-state index is 0.269. The van der Waals surface area contributed by atoms with Gasteiger partial charge in [-0.25, -0.2) is 0 Å². The first-order valence-corrected chi connectivity index (χ1v) is 8.55. The van der Waals surface area contributed by atoms with Gasteiger partial charge in [-0.2, -0.15) is 5.10 Å². The first-order valence-electron chi connectivity index (χ1n) is 8.17. The predicted octanol–water partition coefficient (Wildman–Crippen LogP) is 2.07. The highest BCUT2D eigenvalue weighted by Crippen LogP contribution is 2.21. The highest BCUT2D eigenvalue weighted by atomic mass is 35.5. The van der Waals surface area contributed by atoms with Crippen molar-refractivity contribution in [3.63, 3.8) is 0 Å². The predicted molar refractivity (Wildman–Crippen MR) is 96.2 cm³/mol. The molecule has 0 radical (unpaired) electrons. The molecule has 8 heteroatoms. The zero-order chi connectivity index (χ0) is 17.8. The molecule has 132 valence electrons. The van der Waals surface area contributed by atoms with Crippen molar-refractivity contribution in [2.75, 3.05) is 25.5 Å². The van der Waals surface area contributed by atoms with E-state index in [4.69, 9.17) is 11.6 Å². The molecule has 0 bridgehead atoms. The number of halogens is 1. The van der Waals surface area contributed by atoms with Gasteiger partial charge in [-0.1, -0.05) is 11.6 Å². The monoisotopic (exact) mass is 361 g/mol. The van der Waals surface area contributed by atoms with Crippen LogP contribution in [0.15, 0.2) is 30.5 Å². The van der Waals surface area contributed by atoms with E-state index >= 15 is 0 Å². The standard InChI is InChI=1S/C17H20ClN5O2/c1-19-16(24)13-9-11(4-5-14(13)18)21-17(25)15-6-8-23(22-15)12-3-2-7-20-10-12/h4-6,8-9,12,20H,2-3,7,10H2,1H3,(H,19,24)(H,21,25). The summed E-state index contributed by atoms with van der Waals surface area (Å²) < 4.78 is 1.83. The summed E-state index contributed by atoms with van der Waals surface area (Å²) in [4.78, 5) is 24.2. The molecular formula is C17H20ClN5O2. The second kappa shape index (κ2) is 7.67. The van der Waals surface area contributed by atoms with Crippen molar-refractivity contribution in [1.29, 1.82) is 0 Å². The van der Waals surface area contributed by atoms with Gasteiger partial charge in [0.05, 0.1) is 16.6 Å². The third kappa shape index (κ3) is 4.00. The zero-order valence-corrected chi connectivity index (χ0v) is 14.6. The van der Waals surface area contributed by atoms with E-state index in [2.05, 4.69) is 21.0 Å². The lowest BCUT2D eigenvalue weighted by Gasteiger charge is -2.22. The van der Waals surface area contributed by atoms with E-state index in [0.29, 0.717) is 22.0 Å². The molecule has 1 aromatic heterocycles. The molecule has 1 aromatic carbocycles. The van der Waals surface area contributed by atoms with E-state index in [9.17, 15) is 9.59 Å². The second-order valence-electron chi connectivity index (χ2n) is 5.91. The summed E-state index contributed by atoms with van der Waals surface area (Å²) in [5.41, 5.74) is 1.13. The van der Waals surface area contributed by atoms with Crippen molar-refractivity contribution >= 4 is 29.1 Å². The van der Waals surface area contributed by atoms with Gasteiger partial charge in [0.25, 0.3) is 11.8 Å². The number of anilines is 1. The molecule has 1 aliphatic heterocycles. The van der Waals surface area contributed by atoms with E-state index in [1.54, 1.807) is 24.3 Å². The summed E-state index contributed by atoms with van der Waals surface area (Å²) in [6.45, 7) is 1.88. The van der Waals surface area contributed by atoms with Crippen LogP contribution in [-0.4, -0.2) is 41.7 Å². The zero-order valence-electron chi connectivity index (χ0n) is 13.9. The van der Waals surface area contributed by atoms with Crippen LogP contribution in [0.5, 0.6) is 0 Å². The SMILES string of the molecule is CNC(=O)c1cc(NC(=O)c2ccn(C3CCCNC3)n2)ccc1Cl. The van der Waals surface area contributed by atoms with Crippen molar-refractivity contribution in [3.8, 4) is 0 Å². The molecule has 1 fully saturated rings. The van der Waals surface area contributed by atoms with Gasteiger partial charge in [0, 0.05) is 25.5 Å². The van der Waals surface area contributed by atoms with E-state index in [0.717, 1.165) is 25.9 Å². The Morgan fingerprint density at radius 1 is 1.32 bits per heavy atom. The van der Waals surface area contributed by atoms with Crippen molar-refractivity contribution in [2.24, 2.45) is 0 Å². The van der Waals surface area contributed by atoms with Crippen LogP contribution in [0.3, 0.4) is 0 Å². The normalized spacial score (nSPS) is 17.1. The Bertz CT molecular complexity index is 783. The largest absolute Gasteiger partial charge is 0.355 e. The fourth-order valence-corrected chi connectivity index (χ4v) is 3.03. The van der Waals surface area contributed by atoms with Gasteiger partial charge in [-0.15, -0.1) is 0 Å². The van der Waals surface area contributed by atoms with Gasteiger partial charge >= 0.3 is 0 Å². The number of piperidine rings is 1. The Labute approximate surface area is 150 Å². The summed E-state index contributed by atoms with van der Waals surface area (Å²) in [6.07, 6.45) is 3.96. The number of rotatable bonds is 4. The Hall–Kier alpha value is -2.38. The fraction of sp³-hybridized carbons (Fsp3) is 0.353. The van der Waals surface area contributed by atoms with Crippen LogP contribution < -0.4 is 16.0 Å². The minimum atomic E-state index is -0.326. The summed E-state index contributed by atoms with van der Waals surface area (Å²) in [5.74, 6) is -0.636. The quantitative estimate of drug-likeness (QED) is 0.778. The highest BCUT2D eigenvalue weighted by Gasteiger charge is 2.18. The van der Waals surface area contributed by atoms with Crippen LogP contribution in [-0.2, 0) is 0 Å². The number of carbonyl (C=O) groups is 2. The number of nitrogens with one attached hydrogen (secondary N) is 3. The number of aromatic nitrogens is 2. The van der Waals surface area contributed by atoms with Crippen molar-refractivity contribution in [3.05, 3.63) is 46.7 Å². The third-order valence-corrected chi connectivity index (χ3v) is 4.51. The van der Waals surface area contributed by atoms with Crippen LogP contribution in [0.2, 0.25) is 5.02 Å². The van der Waals surface area contributed by atoms with Gasteiger partial charge in [-0.05, 0) is 43.7 Å². The molecule has 3 rings (SSSR count). The van der Waals surface area contributed by atoms with Gasteiger partial charge in [-0.3, -0.25) is 14.3 Å². The first kappa shape index (κ1) is 17.4. The summed E-state index contributed by atoms with van der Waals surface area (Å²) in [7, 11) is 1.52. The lowest BCUT2D eigenvalue weighted by atomic mass is 10.1. The Balaban J connectivity index is 1.72. The molecule has 3 N–H and O–H groups in total. The third-order valence-electron chi connectivity index (χ3n) is 4.18. The Morgan fingerprint density at radius 3 is 2.88 bits per heavy atom. The molecule has 2 aromatic rings. The number of amides is 2. The molecule has 1 atom stereocenters. The molecule has 25 heavy (non-hydrogen) atoms. The van der Waals surface area contributed by atoms with E-state index in [-0.39, 0.29) is 17.9 Å².